The quantitative estimate of drug-likeness (QED) is 0.813. The van der Waals surface area contributed by atoms with Gasteiger partial charge >= 0.3 is 0 Å². The van der Waals surface area contributed by atoms with Gasteiger partial charge in [0.05, 0.1) is 0 Å². The molecule has 0 amide bonds. The van der Waals surface area contributed by atoms with Crippen LogP contribution in [0.4, 0.5) is 5.69 Å². The van der Waals surface area contributed by atoms with Gasteiger partial charge in [0.25, 0.3) is 0 Å². The van der Waals surface area contributed by atoms with Gasteiger partial charge in [0, 0.05) is 22.8 Å². The number of ketones is 1. The van der Waals surface area contributed by atoms with Crippen LogP contribution in [0, 0.1) is 0 Å². The predicted molar refractivity (Wildman–Crippen MR) is 100 cm³/mol. The summed E-state index contributed by atoms with van der Waals surface area (Å²) in [6.45, 7) is 3.83. The lowest BCUT2D eigenvalue weighted by Gasteiger charge is -2.36. The predicted octanol–water partition coefficient (Wildman–Crippen LogP) is 4.21. The number of halogens is 1. The molecule has 2 aromatic carbocycles. The zero-order chi connectivity index (χ0) is 17.3. The van der Waals surface area contributed by atoms with Crippen molar-refractivity contribution in [2.45, 2.75) is 18.9 Å². The fraction of sp³-hybridized carbons (Fsp3) is 0.350. The van der Waals surface area contributed by atoms with E-state index in [2.05, 4.69) is 23.9 Å². The Labute approximate surface area is 148 Å². The molecule has 1 unspecified atom stereocenters. The lowest BCUT2D eigenvalue weighted by molar-refractivity contribution is 0.0910. The Balaban J connectivity index is 2.04. The molecule has 1 aliphatic rings. The summed E-state index contributed by atoms with van der Waals surface area (Å²) < 4.78 is 0. The molecule has 1 atom stereocenters. The van der Waals surface area contributed by atoms with Crippen molar-refractivity contribution in [2.75, 3.05) is 32.1 Å². The van der Waals surface area contributed by atoms with Crippen LogP contribution in [0.15, 0.2) is 48.5 Å². The largest absolute Gasteiger partial charge is 0.354 e. The zero-order valence-electron chi connectivity index (χ0n) is 14.4. The monoisotopic (exact) mass is 342 g/mol. The molecule has 0 saturated carbocycles. The fourth-order valence-corrected chi connectivity index (χ4v) is 3.66. The minimum absolute atomic E-state index is 0.121. The van der Waals surface area contributed by atoms with Crippen LogP contribution < -0.4 is 4.90 Å². The van der Waals surface area contributed by atoms with E-state index >= 15 is 0 Å². The van der Waals surface area contributed by atoms with Crippen molar-refractivity contribution < 1.29 is 4.79 Å². The van der Waals surface area contributed by atoms with Gasteiger partial charge in [-0.15, -0.1) is 0 Å². The third-order valence-electron chi connectivity index (χ3n) is 4.80. The average molecular weight is 343 g/mol. The van der Waals surface area contributed by atoms with E-state index < -0.39 is 5.54 Å². The summed E-state index contributed by atoms with van der Waals surface area (Å²) in [6, 6.07) is 15.7. The van der Waals surface area contributed by atoms with Crippen LogP contribution in [0.5, 0.6) is 0 Å². The van der Waals surface area contributed by atoms with E-state index in [9.17, 15) is 4.79 Å². The topological polar surface area (TPSA) is 23.6 Å². The highest BCUT2D eigenvalue weighted by Gasteiger charge is 2.48. The molecule has 3 rings (SSSR count). The number of rotatable bonds is 5. The summed E-state index contributed by atoms with van der Waals surface area (Å²) in [7, 11) is 4.14. The normalized spacial score (nSPS) is 19.9. The molecule has 1 aliphatic heterocycles. The lowest BCUT2D eigenvalue weighted by Crippen LogP contribution is -2.46. The maximum absolute atomic E-state index is 13.3. The summed E-state index contributed by atoms with van der Waals surface area (Å²) in [6.07, 6.45) is 0.991. The molecular weight excluding hydrogens is 320 g/mol. The molecule has 0 bridgehead atoms. The number of hydrogen-bond donors (Lipinski definition) is 0. The third-order valence-corrected chi connectivity index (χ3v) is 5.03. The molecule has 126 valence electrons. The maximum Gasteiger partial charge on any atom is 0.194 e. The molecule has 0 spiro atoms. The lowest BCUT2D eigenvalue weighted by atomic mass is 9.86. The fourth-order valence-electron chi connectivity index (χ4n) is 3.49. The number of nitrogens with zero attached hydrogens (tertiary/aromatic N) is 2. The third kappa shape index (κ3) is 2.83. The summed E-state index contributed by atoms with van der Waals surface area (Å²) in [4.78, 5) is 17.7. The van der Waals surface area contributed by atoms with Crippen molar-refractivity contribution in [1.82, 2.24) is 4.90 Å². The minimum Gasteiger partial charge on any atom is -0.354 e. The first-order valence-corrected chi connectivity index (χ1v) is 8.64. The van der Waals surface area contributed by atoms with Gasteiger partial charge in [0.2, 0.25) is 0 Å². The second-order valence-electron chi connectivity index (χ2n) is 6.74. The van der Waals surface area contributed by atoms with Gasteiger partial charge in [0.15, 0.2) is 5.78 Å². The van der Waals surface area contributed by atoms with E-state index in [-0.39, 0.29) is 5.78 Å². The van der Waals surface area contributed by atoms with E-state index in [1.807, 2.05) is 49.4 Å². The molecule has 0 N–H and O–H groups in total. The van der Waals surface area contributed by atoms with Gasteiger partial charge in [-0.05, 0) is 57.7 Å². The Morgan fingerprint density at radius 3 is 2.50 bits per heavy atom. The van der Waals surface area contributed by atoms with E-state index in [1.54, 1.807) is 6.07 Å². The number of Topliss-reactive ketones (excluding diaryl/α,β-unsaturated/α-hetero) is 1. The first-order valence-electron chi connectivity index (χ1n) is 8.27. The SMILES string of the molecule is CN(C)CCCN1c2ccc(Cl)cc2C(=O)C1(C)c1ccccc1. The van der Waals surface area contributed by atoms with Crippen molar-refractivity contribution in [1.29, 1.82) is 0 Å². The molecule has 1 heterocycles. The van der Waals surface area contributed by atoms with Crippen LogP contribution in [0.25, 0.3) is 0 Å². The van der Waals surface area contributed by atoms with Gasteiger partial charge in [-0.25, -0.2) is 0 Å². The molecule has 4 heteroatoms. The van der Waals surface area contributed by atoms with Gasteiger partial charge in [-0.3, -0.25) is 4.79 Å². The Morgan fingerprint density at radius 2 is 1.83 bits per heavy atom. The van der Waals surface area contributed by atoms with Crippen molar-refractivity contribution in [2.24, 2.45) is 0 Å². The Bertz CT molecular complexity index is 745. The molecule has 2 aromatic rings. The van der Waals surface area contributed by atoms with Crippen LogP contribution >= 0.6 is 11.6 Å². The van der Waals surface area contributed by atoms with Gasteiger partial charge < -0.3 is 9.80 Å². The first kappa shape index (κ1) is 17.0. The summed E-state index contributed by atoms with van der Waals surface area (Å²) in [5.74, 6) is 0.121. The number of carbonyl (C=O) groups excluding carboxylic acids is 1. The van der Waals surface area contributed by atoms with E-state index in [0.29, 0.717) is 5.02 Å². The van der Waals surface area contributed by atoms with Crippen molar-refractivity contribution in [3.8, 4) is 0 Å². The number of anilines is 1. The van der Waals surface area contributed by atoms with Crippen molar-refractivity contribution >= 4 is 23.1 Å². The Hall–Kier alpha value is -1.84. The molecule has 0 saturated heterocycles. The molecular formula is C20H23ClN2O. The summed E-state index contributed by atoms with van der Waals surface area (Å²) in [5.41, 5.74) is 2.04. The van der Waals surface area contributed by atoms with Gasteiger partial charge in [0.1, 0.15) is 5.54 Å². The molecule has 0 aliphatic carbocycles. The maximum atomic E-state index is 13.3. The number of carbonyl (C=O) groups is 1. The molecule has 3 nitrogen and oxygen atoms in total. The zero-order valence-corrected chi connectivity index (χ0v) is 15.2. The highest BCUT2D eigenvalue weighted by atomic mass is 35.5. The van der Waals surface area contributed by atoms with E-state index in [4.69, 9.17) is 11.6 Å². The minimum atomic E-state index is -0.680. The van der Waals surface area contributed by atoms with Crippen molar-refractivity contribution in [3.05, 3.63) is 64.7 Å². The molecule has 0 fully saturated rings. The highest BCUT2D eigenvalue weighted by molar-refractivity contribution is 6.31. The molecule has 0 aromatic heterocycles. The average Bonchev–Trinajstić information content (AvgIpc) is 2.78. The summed E-state index contributed by atoms with van der Waals surface area (Å²) in [5, 5.41) is 0.604. The van der Waals surface area contributed by atoms with Crippen LogP contribution in [0.3, 0.4) is 0 Å². The number of hydrogen-bond acceptors (Lipinski definition) is 3. The highest BCUT2D eigenvalue weighted by Crippen LogP contribution is 2.45. The molecule has 24 heavy (non-hydrogen) atoms. The van der Waals surface area contributed by atoms with Gasteiger partial charge in [-0.1, -0.05) is 41.9 Å². The number of benzene rings is 2. The Morgan fingerprint density at radius 1 is 1.12 bits per heavy atom. The van der Waals surface area contributed by atoms with Crippen LogP contribution in [-0.2, 0) is 5.54 Å². The second-order valence-corrected chi connectivity index (χ2v) is 7.17. The van der Waals surface area contributed by atoms with Crippen LogP contribution in [-0.4, -0.2) is 37.9 Å². The number of fused-ring (bicyclic) bond motifs is 1. The second kappa shape index (κ2) is 6.58. The Kier molecular flexibility index (Phi) is 4.66. The smallest absolute Gasteiger partial charge is 0.194 e. The van der Waals surface area contributed by atoms with Crippen LogP contribution in [0.1, 0.15) is 29.3 Å². The first-order chi connectivity index (χ1) is 11.4. The van der Waals surface area contributed by atoms with E-state index in [0.717, 1.165) is 36.3 Å². The summed E-state index contributed by atoms with van der Waals surface area (Å²) >= 11 is 6.14. The van der Waals surface area contributed by atoms with Gasteiger partial charge in [-0.2, -0.15) is 0 Å². The van der Waals surface area contributed by atoms with E-state index in [1.165, 1.54) is 0 Å². The standard InChI is InChI=1S/C20H23ClN2O/c1-20(15-8-5-4-6-9-15)19(24)17-14-16(21)10-11-18(17)23(20)13-7-12-22(2)3/h4-6,8-11,14H,7,12-13H2,1-3H3. The van der Waals surface area contributed by atoms with Crippen molar-refractivity contribution in [3.63, 3.8) is 0 Å². The molecule has 0 radical (unpaired) electrons. The van der Waals surface area contributed by atoms with Crippen LogP contribution in [0.2, 0.25) is 5.02 Å².